The molecule has 7 nitrogen and oxygen atoms in total. The summed E-state index contributed by atoms with van der Waals surface area (Å²) in [6.45, 7) is 3.43. The quantitative estimate of drug-likeness (QED) is 0.465. The zero-order valence-corrected chi connectivity index (χ0v) is 11.5. The van der Waals surface area contributed by atoms with Gasteiger partial charge in [-0.05, 0) is 19.9 Å². The van der Waals surface area contributed by atoms with Gasteiger partial charge in [-0.15, -0.1) is 0 Å². The first-order chi connectivity index (χ1) is 9.43. The van der Waals surface area contributed by atoms with Crippen molar-refractivity contribution in [2.45, 2.75) is 19.9 Å². The van der Waals surface area contributed by atoms with Crippen LogP contribution < -0.4 is 4.74 Å². The van der Waals surface area contributed by atoms with Crippen LogP contribution >= 0.6 is 0 Å². The molecule has 106 valence electrons. The zero-order chi connectivity index (χ0) is 15.3. The maximum Gasteiger partial charge on any atom is 0.311 e. The highest BCUT2D eigenvalue weighted by Gasteiger charge is 2.26. The largest absolute Gasteiger partial charge is 0.490 e. The predicted octanol–water partition coefficient (Wildman–Crippen LogP) is 1.98. The van der Waals surface area contributed by atoms with E-state index in [-0.39, 0.29) is 29.6 Å². The van der Waals surface area contributed by atoms with Crippen molar-refractivity contribution in [1.29, 1.82) is 5.26 Å². The Hall–Kier alpha value is -2.62. The molecule has 1 rings (SSSR count). The van der Waals surface area contributed by atoms with Gasteiger partial charge in [-0.3, -0.25) is 14.9 Å². The van der Waals surface area contributed by atoms with Crippen LogP contribution in [0.4, 0.5) is 5.69 Å². The van der Waals surface area contributed by atoms with E-state index >= 15 is 0 Å². The minimum absolute atomic E-state index is 0.0747. The minimum atomic E-state index is -0.611. The van der Waals surface area contributed by atoms with Crippen molar-refractivity contribution in [3.63, 3.8) is 0 Å². The fourth-order valence-electron chi connectivity index (χ4n) is 1.77. The van der Waals surface area contributed by atoms with E-state index < -0.39 is 10.8 Å². The third-order valence-electron chi connectivity index (χ3n) is 2.75. The van der Waals surface area contributed by atoms with Crippen LogP contribution in [0.3, 0.4) is 0 Å². The van der Waals surface area contributed by atoms with Crippen molar-refractivity contribution in [2.75, 3.05) is 13.7 Å². The first-order valence-corrected chi connectivity index (χ1v) is 5.93. The lowest BCUT2D eigenvalue weighted by Crippen LogP contribution is -2.37. The van der Waals surface area contributed by atoms with Gasteiger partial charge in [-0.1, -0.05) is 6.07 Å². The average molecular weight is 277 g/mol. The summed E-state index contributed by atoms with van der Waals surface area (Å²) in [5.74, 6) is -0.562. The third-order valence-corrected chi connectivity index (χ3v) is 2.75. The Morgan fingerprint density at radius 1 is 1.55 bits per heavy atom. The smallest absolute Gasteiger partial charge is 0.311 e. The van der Waals surface area contributed by atoms with Gasteiger partial charge in [-0.25, -0.2) is 0 Å². The fourth-order valence-corrected chi connectivity index (χ4v) is 1.77. The molecule has 0 N–H and O–H groups in total. The molecule has 0 spiro atoms. The molecule has 0 aliphatic rings. The topological polar surface area (TPSA) is 96.5 Å². The molecule has 0 saturated carbocycles. The number of para-hydroxylation sites is 1. The zero-order valence-electron chi connectivity index (χ0n) is 11.5. The summed E-state index contributed by atoms with van der Waals surface area (Å²) in [6.07, 6.45) is 0. The highest BCUT2D eigenvalue weighted by molar-refractivity contribution is 5.98. The molecular weight excluding hydrogens is 262 g/mol. The summed E-state index contributed by atoms with van der Waals surface area (Å²) in [5, 5.41) is 19.7. The number of nitro benzene ring substituents is 1. The maximum absolute atomic E-state index is 12.4. The summed E-state index contributed by atoms with van der Waals surface area (Å²) in [4.78, 5) is 24.0. The van der Waals surface area contributed by atoms with Gasteiger partial charge in [0.2, 0.25) is 5.75 Å². The average Bonchev–Trinajstić information content (AvgIpc) is 2.42. The molecule has 0 atom stereocenters. The van der Waals surface area contributed by atoms with Gasteiger partial charge in [0.15, 0.2) is 0 Å². The molecule has 0 aliphatic heterocycles. The molecule has 0 radical (unpaired) electrons. The molecular formula is C13H15N3O4. The Kier molecular flexibility index (Phi) is 5.03. The molecule has 0 bridgehead atoms. The number of nitriles is 1. The molecule has 0 unspecified atom stereocenters. The third kappa shape index (κ3) is 3.03. The molecule has 0 saturated heterocycles. The second kappa shape index (κ2) is 6.52. The first-order valence-electron chi connectivity index (χ1n) is 5.93. The molecule has 1 aromatic carbocycles. The summed E-state index contributed by atoms with van der Waals surface area (Å²) < 4.78 is 4.99. The van der Waals surface area contributed by atoms with E-state index in [1.807, 2.05) is 6.07 Å². The van der Waals surface area contributed by atoms with E-state index in [1.165, 1.54) is 30.2 Å². The number of amides is 1. The van der Waals surface area contributed by atoms with E-state index in [4.69, 9.17) is 10.00 Å². The number of nitrogens with zero attached hydrogens (tertiary/aromatic N) is 3. The van der Waals surface area contributed by atoms with Gasteiger partial charge in [0.25, 0.3) is 5.91 Å². The van der Waals surface area contributed by atoms with Crippen LogP contribution in [0.15, 0.2) is 18.2 Å². The lowest BCUT2D eigenvalue weighted by molar-refractivity contribution is -0.385. The molecule has 20 heavy (non-hydrogen) atoms. The van der Waals surface area contributed by atoms with Gasteiger partial charge in [-0.2, -0.15) is 5.26 Å². The van der Waals surface area contributed by atoms with Crippen LogP contribution in [0.1, 0.15) is 24.2 Å². The van der Waals surface area contributed by atoms with Crippen LogP contribution in [0.5, 0.6) is 5.75 Å². The summed E-state index contributed by atoms with van der Waals surface area (Å²) in [6, 6.07) is 5.83. The van der Waals surface area contributed by atoms with Crippen molar-refractivity contribution in [3.8, 4) is 11.8 Å². The normalized spacial score (nSPS) is 9.95. The second-order valence-corrected chi connectivity index (χ2v) is 4.30. The van der Waals surface area contributed by atoms with Gasteiger partial charge in [0, 0.05) is 12.1 Å². The number of carbonyl (C=O) groups is 1. The Labute approximate surface area is 116 Å². The van der Waals surface area contributed by atoms with Gasteiger partial charge in [0.05, 0.1) is 23.7 Å². The molecule has 0 aliphatic carbocycles. The van der Waals surface area contributed by atoms with E-state index in [0.29, 0.717) is 0 Å². The Bertz CT molecular complexity index is 563. The van der Waals surface area contributed by atoms with Crippen molar-refractivity contribution in [2.24, 2.45) is 0 Å². The molecule has 7 heteroatoms. The fraction of sp³-hybridized carbons (Fsp3) is 0.385. The Balaban J connectivity index is 3.32. The number of carbonyl (C=O) groups excluding carboxylic acids is 1. The summed E-state index contributed by atoms with van der Waals surface area (Å²) >= 11 is 0. The second-order valence-electron chi connectivity index (χ2n) is 4.30. The number of benzene rings is 1. The monoisotopic (exact) mass is 277 g/mol. The Morgan fingerprint density at radius 3 is 2.65 bits per heavy atom. The Morgan fingerprint density at radius 2 is 2.20 bits per heavy atom. The highest BCUT2D eigenvalue weighted by atomic mass is 16.6. The van der Waals surface area contributed by atoms with E-state index in [0.717, 1.165) is 0 Å². The summed E-state index contributed by atoms with van der Waals surface area (Å²) in [7, 11) is 1.27. The number of hydrogen-bond acceptors (Lipinski definition) is 5. The highest BCUT2D eigenvalue weighted by Crippen LogP contribution is 2.31. The number of nitro groups is 1. The maximum atomic E-state index is 12.4. The van der Waals surface area contributed by atoms with Crippen LogP contribution in [0.2, 0.25) is 0 Å². The van der Waals surface area contributed by atoms with Crippen LogP contribution in [0, 0.1) is 21.4 Å². The van der Waals surface area contributed by atoms with E-state index in [1.54, 1.807) is 13.8 Å². The number of ether oxygens (including phenoxy) is 1. The van der Waals surface area contributed by atoms with E-state index in [9.17, 15) is 14.9 Å². The SMILES string of the molecule is COc1c(C(=O)N(CC#N)C(C)C)cccc1[N+](=O)[O-]. The van der Waals surface area contributed by atoms with Crippen molar-refractivity contribution in [3.05, 3.63) is 33.9 Å². The van der Waals surface area contributed by atoms with Gasteiger partial charge < -0.3 is 9.64 Å². The van der Waals surface area contributed by atoms with Crippen molar-refractivity contribution in [1.82, 2.24) is 4.90 Å². The van der Waals surface area contributed by atoms with Crippen molar-refractivity contribution < 1.29 is 14.5 Å². The lowest BCUT2D eigenvalue weighted by atomic mass is 10.1. The van der Waals surface area contributed by atoms with Crippen molar-refractivity contribution >= 4 is 11.6 Å². The lowest BCUT2D eigenvalue weighted by Gasteiger charge is -2.24. The van der Waals surface area contributed by atoms with E-state index in [2.05, 4.69) is 0 Å². The van der Waals surface area contributed by atoms with Gasteiger partial charge in [0.1, 0.15) is 6.54 Å². The first kappa shape index (κ1) is 15.4. The molecule has 0 heterocycles. The number of rotatable bonds is 5. The molecule has 0 fully saturated rings. The van der Waals surface area contributed by atoms with Gasteiger partial charge >= 0.3 is 5.69 Å². The molecule has 1 amide bonds. The summed E-state index contributed by atoms with van der Waals surface area (Å²) in [5.41, 5.74) is -0.204. The van der Waals surface area contributed by atoms with Crippen LogP contribution in [0.25, 0.3) is 0 Å². The number of methoxy groups -OCH3 is 1. The van der Waals surface area contributed by atoms with Crippen LogP contribution in [-0.4, -0.2) is 35.4 Å². The molecule has 1 aromatic rings. The minimum Gasteiger partial charge on any atom is -0.490 e. The predicted molar refractivity (Wildman–Crippen MR) is 71.4 cm³/mol. The molecule has 0 aromatic heterocycles. The standard InChI is InChI=1S/C13H15N3O4/c1-9(2)15(8-7-14)13(17)10-5-4-6-11(16(18)19)12(10)20-3/h4-6,9H,8H2,1-3H3. The number of hydrogen-bond donors (Lipinski definition) is 0. The van der Waals surface area contributed by atoms with Crippen LogP contribution in [-0.2, 0) is 0 Å².